The molecular weight excluding hydrogens is 497 g/mol. The van der Waals surface area contributed by atoms with E-state index in [0.29, 0.717) is 18.4 Å². The third-order valence-corrected chi connectivity index (χ3v) is 8.87. The number of nitriles is 1. The zero-order valence-electron chi connectivity index (χ0n) is 20.0. The Kier molecular flexibility index (Phi) is 6.68. The fourth-order valence-corrected chi connectivity index (χ4v) is 6.63. The van der Waals surface area contributed by atoms with Crippen molar-refractivity contribution in [3.63, 3.8) is 0 Å². The van der Waals surface area contributed by atoms with E-state index in [1.165, 1.54) is 23.1 Å². The molecule has 1 amide bonds. The molecule has 8 nitrogen and oxygen atoms in total. The maximum atomic E-state index is 14.0. The Morgan fingerprint density at radius 2 is 1.97 bits per heavy atom. The van der Waals surface area contributed by atoms with E-state index in [1.54, 1.807) is 20.9 Å². The highest BCUT2D eigenvalue weighted by Gasteiger charge is 2.51. The molecule has 0 bridgehead atoms. The van der Waals surface area contributed by atoms with Crippen LogP contribution in [0.4, 0.5) is 13.2 Å². The second-order valence-corrected chi connectivity index (χ2v) is 12.0. The molecule has 3 atom stereocenters. The lowest BCUT2D eigenvalue weighted by Crippen LogP contribution is -2.43. The van der Waals surface area contributed by atoms with E-state index in [2.05, 4.69) is 16.5 Å². The number of nitrogens with zero attached hydrogens (tertiary/aromatic N) is 3. The van der Waals surface area contributed by atoms with Gasteiger partial charge in [0.05, 0.1) is 46.1 Å². The van der Waals surface area contributed by atoms with Crippen LogP contribution >= 0.6 is 0 Å². The van der Waals surface area contributed by atoms with Crippen molar-refractivity contribution in [3.8, 4) is 17.2 Å². The fourth-order valence-electron chi connectivity index (χ4n) is 4.63. The van der Waals surface area contributed by atoms with Crippen LogP contribution in [-0.4, -0.2) is 47.1 Å². The van der Waals surface area contributed by atoms with Gasteiger partial charge in [-0.15, -0.1) is 0 Å². The molecule has 0 spiro atoms. The number of amides is 1. The Morgan fingerprint density at radius 1 is 1.28 bits per heavy atom. The maximum absolute atomic E-state index is 14.0. The number of alkyl halides is 3. The maximum Gasteiger partial charge on any atom is 0.417 e. The number of aryl methyl sites for hydroxylation is 1. The van der Waals surface area contributed by atoms with Gasteiger partial charge in [0, 0.05) is 18.8 Å². The first kappa shape index (κ1) is 26.2. The molecule has 1 aromatic heterocycles. The highest BCUT2D eigenvalue weighted by molar-refractivity contribution is 7.92. The summed E-state index contributed by atoms with van der Waals surface area (Å²) in [6.07, 6.45) is -2.46. The summed E-state index contributed by atoms with van der Waals surface area (Å²) in [5.74, 6) is -1.41. The third-order valence-electron chi connectivity index (χ3n) is 6.64. The minimum absolute atomic E-state index is 0.125. The lowest BCUT2D eigenvalue weighted by molar-refractivity contribution is -0.139. The van der Waals surface area contributed by atoms with E-state index < -0.39 is 55.2 Å². The normalized spacial score (nSPS) is 23.4. The summed E-state index contributed by atoms with van der Waals surface area (Å²) in [5.41, 5.74) is -1.62. The Labute approximate surface area is 207 Å². The predicted molar refractivity (Wildman–Crippen MR) is 123 cm³/mol. The molecule has 0 aliphatic heterocycles. The highest BCUT2D eigenvalue weighted by atomic mass is 32.2. The Hall–Kier alpha value is -2.91. The third kappa shape index (κ3) is 5.13. The number of nitrogens with one attached hydrogen (secondary N) is 1. The van der Waals surface area contributed by atoms with Crippen LogP contribution in [0.3, 0.4) is 0 Å². The lowest BCUT2D eigenvalue weighted by atomic mass is 10.0. The van der Waals surface area contributed by atoms with Gasteiger partial charge in [0.15, 0.2) is 9.84 Å². The fraction of sp³-hybridized carbons (Fsp3) is 0.542. The Bertz CT molecular complexity index is 1310. The molecule has 2 fully saturated rings. The summed E-state index contributed by atoms with van der Waals surface area (Å²) in [6.45, 7) is 3.46. The number of aromatic nitrogens is 2. The second kappa shape index (κ2) is 9.19. The molecule has 194 valence electrons. The largest absolute Gasteiger partial charge is 0.417 e. The van der Waals surface area contributed by atoms with Crippen LogP contribution < -0.4 is 5.32 Å². The molecule has 2 saturated carbocycles. The van der Waals surface area contributed by atoms with Crippen molar-refractivity contribution in [2.75, 3.05) is 0 Å². The van der Waals surface area contributed by atoms with E-state index in [0.717, 1.165) is 12.1 Å². The van der Waals surface area contributed by atoms with Crippen LogP contribution in [0.5, 0.6) is 0 Å². The molecule has 2 aromatic rings. The summed E-state index contributed by atoms with van der Waals surface area (Å²) in [5, 5.41) is 14.7. The smallest absolute Gasteiger partial charge is 0.375 e. The number of halogens is 3. The first-order chi connectivity index (χ1) is 16.8. The van der Waals surface area contributed by atoms with Gasteiger partial charge < -0.3 is 10.1 Å². The van der Waals surface area contributed by atoms with Gasteiger partial charge in [0.25, 0.3) is 0 Å². The molecule has 0 unspecified atom stereocenters. The molecule has 1 N–H and O–H groups in total. The molecule has 1 heterocycles. The van der Waals surface area contributed by atoms with E-state index in [-0.39, 0.29) is 24.5 Å². The zero-order chi connectivity index (χ0) is 26.5. The van der Waals surface area contributed by atoms with E-state index in [9.17, 15) is 31.6 Å². The van der Waals surface area contributed by atoms with Crippen molar-refractivity contribution in [1.82, 2.24) is 15.1 Å². The minimum Gasteiger partial charge on any atom is -0.375 e. The van der Waals surface area contributed by atoms with Gasteiger partial charge in [-0.3, -0.25) is 9.48 Å². The Morgan fingerprint density at radius 3 is 2.50 bits per heavy atom. The van der Waals surface area contributed by atoms with Gasteiger partial charge >= 0.3 is 6.18 Å². The van der Waals surface area contributed by atoms with E-state index >= 15 is 0 Å². The van der Waals surface area contributed by atoms with Crippen molar-refractivity contribution in [1.29, 1.82) is 5.26 Å². The number of hydrogen-bond acceptors (Lipinski definition) is 6. The number of benzene rings is 1. The van der Waals surface area contributed by atoms with Crippen LogP contribution in [0.2, 0.25) is 0 Å². The van der Waals surface area contributed by atoms with Crippen LogP contribution in [0, 0.1) is 17.2 Å². The van der Waals surface area contributed by atoms with Gasteiger partial charge in [0.2, 0.25) is 5.91 Å². The minimum atomic E-state index is -4.92. The Balaban J connectivity index is 1.67. The zero-order valence-corrected chi connectivity index (χ0v) is 20.9. The first-order valence-electron chi connectivity index (χ1n) is 11.6. The first-order valence-corrected chi connectivity index (χ1v) is 13.1. The molecule has 12 heteroatoms. The molecule has 0 saturated heterocycles. The number of carbonyl (C=O) groups is 1. The molecule has 2 aliphatic rings. The van der Waals surface area contributed by atoms with Crippen molar-refractivity contribution >= 4 is 15.7 Å². The van der Waals surface area contributed by atoms with Crippen LogP contribution in [0.1, 0.15) is 45.1 Å². The lowest BCUT2D eigenvalue weighted by Gasteiger charge is -2.22. The van der Waals surface area contributed by atoms with Gasteiger partial charge in [-0.05, 0) is 57.2 Å². The summed E-state index contributed by atoms with van der Waals surface area (Å²) < 4.78 is 76.5. The van der Waals surface area contributed by atoms with Crippen LogP contribution in [-0.2, 0) is 32.6 Å². The van der Waals surface area contributed by atoms with Crippen molar-refractivity contribution in [2.45, 2.75) is 73.6 Å². The summed E-state index contributed by atoms with van der Waals surface area (Å²) in [7, 11) is -2.86. The summed E-state index contributed by atoms with van der Waals surface area (Å²) >= 11 is 0. The SMILES string of the molecule is CC(C)O[C@@H]1C[C@H](S(=O)(=O)c2ccc(-c3cnn(C)c3)cc2C(F)(F)F)C[C@H]1C(=O)NC1(C#N)CC1. The predicted octanol–water partition coefficient (Wildman–Crippen LogP) is 3.62. The number of sulfone groups is 1. The second-order valence-electron chi connectivity index (χ2n) is 9.76. The average Bonchev–Trinajstić information content (AvgIpc) is 3.21. The van der Waals surface area contributed by atoms with Crippen molar-refractivity contribution < 1.29 is 31.1 Å². The number of ether oxygens (including phenoxy) is 1. The molecule has 1 aromatic carbocycles. The number of rotatable bonds is 7. The van der Waals surface area contributed by atoms with Crippen LogP contribution in [0.25, 0.3) is 11.1 Å². The van der Waals surface area contributed by atoms with Gasteiger partial charge in [-0.25, -0.2) is 8.42 Å². The van der Waals surface area contributed by atoms with Crippen LogP contribution in [0.15, 0.2) is 35.5 Å². The van der Waals surface area contributed by atoms with Crippen molar-refractivity contribution in [2.24, 2.45) is 13.0 Å². The molecule has 36 heavy (non-hydrogen) atoms. The molecule has 2 aliphatic carbocycles. The van der Waals surface area contributed by atoms with Gasteiger partial charge in [-0.2, -0.15) is 23.5 Å². The number of hydrogen-bond donors (Lipinski definition) is 1. The summed E-state index contributed by atoms with van der Waals surface area (Å²) in [4.78, 5) is 12.1. The molecule has 4 rings (SSSR count). The standard InChI is InChI=1S/C24H27F3N4O4S/c1-14(2)35-20-10-17(9-18(20)22(32)30-23(13-28)6-7-23)36(33,34)21-5-4-15(8-19(21)24(25,26)27)16-11-29-31(3)12-16/h4-5,8,11-12,14,17-18,20H,6-7,9-10H2,1-3H3,(H,30,32)/t17-,18-,20-/m1/s1. The van der Waals surface area contributed by atoms with Crippen molar-refractivity contribution in [3.05, 3.63) is 36.2 Å². The molecule has 0 radical (unpaired) electrons. The quantitative estimate of drug-likeness (QED) is 0.592. The van der Waals surface area contributed by atoms with Gasteiger partial charge in [-0.1, -0.05) is 6.07 Å². The van der Waals surface area contributed by atoms with E-state index in [1.807, 2.05) is 0 Å². The van der Waals surface area contributed by atoms with Gasteiger partial charge in [0.1, 0.15) is 5.54 Å². The number of carbonyl (C=O) groups excluding carboxylic acids is 1. The molecular formula is C24H27F3N4O4S. The topological polar surface area (TPSA) is 114 Å². The monoisotopic (exact) mass is 524 g/mol. The average molecular weight is 525 g/mol. The highest BCUT2D eigenvalue weighted by Crippen LogP contribution is 2.43. The summed E-state index contributed by atoms with van der Waals surface area (Å²) in [6, 6.07) is 5.16. The van der Waals surface area contributed by atoms with E-state index in [4.69, 9.17) is 4.74 Å².